The summed E-state index contributed by atoms with van der Waals surface area (Å²) in [6.07, 6.45) is 5.97. The van der Waals surface area contributed by atoms with Crippen molar-refractivity contribution in [2.75, 3.05) is 6.54 Å². The summed E-state index contributed by atoms with van der Waals surface area (Å²) >= 11 is 1.90. The minimum Gasteiger partial charge on any atom is -0.310 e. The quantitative estimate of drug-likeness (QED) is 0.845. The van der Waals surface area contributed by atoms with Crippen LogP contribution in [0.5, 0.6) is 0 Å². The van der Waals surface area contributed by atoms with Gasteiger partial charge in [-0.3, -0.25) is 0 Å². The van der Waals surface area contributed by atoms with Crippen LogP contribution < -0.4 is 5.32 Å². The smallest absolute Gasteiger partial charge is 0.0359 e. The van der Waals surface area contributed by atoms with E-state index < -0.39 is 0 Å². The molecule has 2 bridgehead atoms. The lowest BCUT2D eigenvalue weighted by Gasteiger charge is -2.30. The first kappa shape index (κ1) is 11.7. The Morgan fingerprint density at radius 1 is 1.41 bits per heavy atom. The van der Waals surface area contributed by atoms with Gasteiger partial charge in [-0.25, -0.2) is 0 Å². The summed E-state index contributed by atoms with van der Waals surface area (Å²) in [5.41, 5.74) is 1.55. The molecule has 2 fully saturated rings. The second kappa shape index (κ2) is 4.74. The standard InChI is InChI=1S/C15H23NS/c1-3-16-15(13-6-10(2)17-9-13)14-8-11-4-5-12(14)7-11/h6,9,11-12,14-16H,3-5,7-8H2,1-2H3. The summed E-state index contributed by atoms with van der Waals surface area (Å²) in [7, 11) is 0. The van der Waals surface area contributed by atoms with Crippen molar-refractivity contribution in [1.29, 1.82) is 0 Å². The Morgan fingerprint density at radius 3 is 2.82 bits per heavy atom. The molecule has 2 saturated carbocycles. The van der Waals surface area contributed by atoms with Crippen LogP contribution in [0.2, 0.25) is 0 Å². The third-order valence-corrected chi connectivity index (χ3v) is 5.63. The molecule has 17 heavy (non-hydrogen) atoms. The normalized spacial score (nSPS) is 33.2. The van der Waals surface area contributed by atoms with Gasteiger partial charge in [-0.1, -0.05) is 13.3 Å². The summed E-state index contributed by atoms with van der Waals surface area (Å²) in [4.78, 5) is 1.45. The highest BCUT2D eigenvalue weighted by atomic mass is 32.1. The Kier molecular flexibility index (Phi) is 3.27. The molecule has 4 atom stereocenters. The van der Waals surface area contributed by atoms with Crippen LogP contribution in [-0.4, -0.2) is 6.54 Å². The third-order valence-electron chi connectivity index (χ3n) is 4.75. The van der Waals surface area contributed by atoms with Crippen LogP contribution in [0.1, 0.15) is 49.1 Å². The van der Waals surface area contributed by atoms with Gasteiger partial charge in [0.2, 0.25) is 0 Å². The lowest BCUT2D eigenvalue weighted by molar-refractivity contribution is 0.253. The Balaban J connectivity index is 1.80. The summed E-state index contributed by atoms with van der Waals surface area (Å²) in [6.45, 7) is 5.55. The maximum Gasteiger partial charge on any atom is 0.0359 e. The SMILES string of the molecule is CCNC(c1csc(C)c1)C1CC2CCC1C2. The zero-order valence-corrected chi connectivity index (χ0v) is 11.7. The predicted octanol–water partition coefficient (Wildman–Crippen LogP) is 4.14. The van der Waals surface area contributed by atoms with Gasteiger partial charge in [0.05, 0.1) is 0 Å². The molecule has 0 spiro atoms. The fraction of sp³-hybridized carbons (Fsp3) is 0.733. The molecule has 1 nitrogen and oxygen atoms in total. The monoisotopic (exact) mass is 249 g/mol. The van der Waals surface area contributed by atoms with Crippen molar-refractivity contribution in [3.63, 3.8) is 0 Å². The molecule has 2 aliphatic rings. The van der Waals surface area contributed by atoms with E-state index in [-0.39, 0.29) is 0 Å². The van der Waals surface area contributed by atoms with Crippen LogP contribution in [0.4, 0.5) is 0 Å². The fourth-order valence-corrected chi connectivity index (χ4v) is 4.81. The molecule has 94 valence electrons. The number of hydrogen-bond acceptors (Lipinski definition) is 2. The van der Waals surface area contributed by atoms with Gasteiger partial charge in [0.1, 0.15) is 0 Å². The Morgan fingerprint density at radius 2 is 2.29 bits per heavy atom. The van der Waals surface area contributed by atoms with Gasteiger partial charge in [-0.15, -0.1) is 11.3 Å². The molecule has 0 aromatic carbocycles. The van der Waals surface area contributed by atoms with Gasteiger partial charge < -0.3 is 5.32 Å². The molecule has 1 heterocycles. The van der Waals surface area contributed by atoms with Crippen molar-refractivity contribution in [2.24, 2.45) is 17.8 Å². The van der Waals surface area contributed by atoms with E-state index in [2.05, 4.69) is 30.6 Å². The average molecular weight is 249 g/mol. The van der Waals surface area contributed by atoms with Gasteiger partial charge in [0, 0.05) is 10.9 Å². The predicted molar refractivity (Wildman–Crippen MR) is 74.4 cm³/mol. The van der Waals surface area contributed by atoms with Gasteiger partial charge in [-0.2, -0.15) is 0 Å². The third kappa shape index (κ3) is 2.17. The average Bonchev–Trinajstić information content (AvgIpc) is 3.01. The number of aryl methyl sites for hydroxylation is 1. The molecule has 2 heteroatoms. The largest absolute Gasteiger partial charge is 0.310 e. The lowest BCUT2D eigenvalue weighted by atomic mass is 9.81. The van der Waals surface area contributed by atoms with Crippen molar-refractivity contribution >= 4 is 11.3 Å². The molecule has 2 aliphatic carbocycles. The number of fused-ring (bicyclic) bond motifs is 2. The van der Waals surface area contributed by atoms with E-state index >= 15 is 0 Å². The minimum absolute atomic E-state index is 0.625. The highest BCUT2D eigenvalue weighted by molar-refractivity contribution is 7.10. The summed E-state index contributed by atoms with van der Waals surface area (Å²) in [5.74, 6) is 2.96. The summed E-state index contributed by atoms with van der Waals surface area (Å²) in [5, 5.41) is 6.12. The second-order valence-electron chi connectivity index (χ2n) is 5.86. The number of hydrogen-bond donors (Lipinski definition) is 1. The molecule has 0 saturated heterocycles. The molecule has 1 N–H and O–H groups in total. The summed E-state index contributed by atoms with van der Waals surface area (Å²) in [6, 6.07) is 3.02. The van der Waals surface area contributed by atoms with Crippen LogP contribution >= 0.6 is 11.3 Å². The van der Waals surface area contributed by atoms with Crippen molar-refractivity contribution < 1.29 is 0 Å². The molecule has 3 rings (SSSR count). The van der Waals surface area contributed by atoms with Crippen molar-refractivity contribution in [3.8, 4) is 0 Å². The molecule has 1 aromatic rings. The van der Waals surface area contributed by atoms with E-state index in [1.54, 1.807) is 5.56 Å². The maximum atomic E-state index is 3.75. The fourth-order valence-electron chi connectivity index (χ4n) is 4.07. The second-order valence-corrected chi connectivity index (χ2v) is 6.98. The van der Waals surface area contributed by atoms with Crippen molar-refractivity contribution in [1.82, 2.24) is 5.32 Å². The van der Waals surface area contributed by atoms with Crippen LogP contribution in [0.25, 0.3) is 0 Å². The molecule has 0 amide bonds. The molecular formula is C15H23NS. The summed E-state index contributed by atoms with van der Waals surface area (Å²) < 4.78 is 0. The van der Waals surface area contributed by atoms with Crippen molar-refractivity contribution in [2.45, 2.75) is 45.6 Å². The van der Waals surface area contributed by atoms with Crippen LogP contribution in [0.3, 0.4) is 0 Å². The molecule has 0 aliphatic heterocycles. The lowest BCUT2D eigenvalue weighted by Crippen LogP contribution is -2.31. The Bertz CT molecular complexity index is 384. The van der Waals surface area contributed by atoms with E-state index in [1.807, 2.05) is 11.3 Å². The van der Waals surface area contributed by atoms with Crippen LogP contribution in [0.15, 0.2) is 11.4 Å². The van der Waals surface area contributed by atoms with Gasteiger partial charge in [0.25, 0.3) is 0 Å². The van der Waals surface area contributed by atoms with Crippen LogP contribution in [0, 0.1) is 24.7 Å². The van der Waals surface area contributed by atoms with E-state index in [9.17, 15) is 0 Å². The van der Waals surface area contributed by atoms with Crippen LogP contribution in [-0.2, 0) is 0 Å². The van der Waals surface area contributed by atoms with Gasteiger partial charge in [0.15, 0.2) is 0 Å². The Hall–Kier alpha value is -0.340. The van der Waals surface area contributed by atoms with Gasteiger partial charge in [-0.05, 0) is 67.5 Å². The minimum atomic E-state index is 0.625. The Labute approximate surface area is 109 Å². The zero-order chi connectivity index (χ0) is 11.8. The molecule has 1 aromatic heterocycles. The molecule has 4 unspecified atom stereocenters. The van der Waals surface area contributed by atoms with E-state index in [1.165, 1.54) is 30.6 Å². The number of rotatable bonds is 4. The molecule has 0 radical (unpaired) electrons. The first-order valence-electron chi connectivity index (χ1n) is 7.06. The zero-order valence-electron chi connectivity index (χ0n) is 10.9. The van der Waals surface area contributed by atoms with Gasteiger partial charge >= 0.3 is 0 Å². The number of thiophene rings is 1. The van der Waals surface area contributed by atoms with E-state index in [0.29, 0.717) is 6.04 Å². The van der Waals surface area contributed by atoms with Crippen molar-refractivity contribution in [3.05, 3.63) is 21.9 Å². The highest BCUT2D eigenvalue weighted by Gasteiger charge is 2.43. The first-order chi connectivity index (χ1) is 8.28. The number of nitrogens with one attached hydrogen (secondary N) is 1. The maximum absolute atomic E-state index is 3.75. The first-order valence-corrected chi connectivity index (χ1v) is 7.94. The molecular weight excluding hydrogens is 226 g/mol. The van der Waals surface area contributed by atoms with E-state index in [0.717, 1.165) is 24.3 Å². The topological polar surface area (TPSA) is 12.0 Å². The van der Waals surface area contributed by atoms with E-state index in [4.69, 9.17) is 0 Å². The highest BCUT2D eigenvalue weighted by Crippen LogP contribution is 2.52.